The van der Waals surface area contributed by atoms with Crippen molar-refractivity contribution in [2.75, 3.05) is 0 Å². The summed E-state index contributed by atoms with van der Waals surface area (Å²) in [5.41, 5.74) is -0.489. The molecule has 1 N–H and O–H groups in total. The summed E-state index contributed by atoms with van der Waals surface area (Å²) in [4.78, 5) is 3.79. The second-order valence-electron chi connectivity index (χ2n) is 3.79. The normalized spacial score (nSPS) is 13.1. The number of thiazole rings is 1. The van der Waals surface area contributed by atoms with E-state index in [2.05, 4.69) is 25.6 Å². The van der Waals surface area contributed by atoms with Crippen molar-refractivity contribution >= 4 is 37.3 Å². The Bertz CT molecular complexity index is 419. The molecule has 0 aliphatic carbocycles. The third-order valence-electron chi connectivity index (χ3n) is 1.13. The van der Waals surface area contributed by atoms with Crippen LogP contribution in [0.25, 0.3) is 0 Å². The largest absolute Gasteiger partial charge is 0.268 e. The molecule has 0 saturated heterocycles. The molecule has 0 aromatic carbocycles. The number of rotatable bonds is 2. The van der Waals surface area contributed by atoms with Crippen LogP contribution in [0.2, 0.25) is 0 Å². The minimum atomic E-state index is -3.47. The third-order valence-corrected chi connectivity index (χ3v) is 4.75. The monoisotopic (exact) mass is 298 g/mol. The molecule has 14 heavy (non-hydrogen) atoms. The zero-order chi connectivity index (χ0) is 11.0. The second-order valence-corrected chi connectivity index (χ2v) is 8.05. The van der Waals surface area contributed by atoms with Crippen LogP contribution < -0.4 is 4.72 Å². The first-order valence-electron chi connectivity index (χ1n) is 3.86. The van der Waals surface area contributed by atoms with Crippen LogP contribution >= 0.6 is 27.3 Å². The van der Waals surface area contributed by atoms with Crippen molar-refractivity contribution in [3.8, 4) is 0 Å². The van der Waals surface area contributed by atoms with Crippen molar-refractivity contribution in [2.24, 2.45) is 0 Å². The number of sulfonamides is 1. The second kappa shape index (κ2) is 3.88. The van der Waals surface area contributed by atoms with Gasteiger partial charge in [-0.05, 0) is 36.7 Å². The minimum absolute atomic E-state index is 0.0827. The molecule has 80 valence electrons. The molecule has 0 unspecified atom stereocenters. The topological polar surface area (TPSA) is 59.1 Å². The Kier molecular flexibility index (Phi) is 3.35. The molecule has 0 atom stereocenters. The predicted octanol–water partition coefficient (Wildman–Crippen LogP) is 1.98. The van der Waals surface area contributed by atoms with Crippen LogP contribution in [0, 0.1) is 0 Å². The molecule has 7 heteroatoms. The quantitative estimate of drug-likeness (QED) is 0.908. The fourth-order valence-electron chi connectivity index (χ4n) is 0.811. The van der Waals surface area contributed by atoms with E-state index in [0.717, 1.165) is 11.3 Å². The lowest BCUT2D eigenvalue weighted by Crippen LogP contribution is -2.40. The van der Waals surface area contributed by atoms with Crippen molar-refractivity contribution in [2.45, 2.75) is 30.6 Å². The molecular weight excluding hydrogens is 288 g/mol. The Balaban J connectivity index is 2.98. The van der Waals surface area contributed by atoms with Crippen LogP contribution in [0.3, 0.4) is 0 Å². The Labute approximate surface area is 95.9 Å². The van der Waals surface area contributed by atoms with E-state index in [9.17, 15) is 8.42 Å². The average Bonchev–Trinajstić information content (AvgIpc) is 2.29. The van der Waals surface area contributed by atoms with Gasteiger partial charge in [0.25, 0.3) is 10.0 Å². The number of nitrogens with zero attached hydrogens (tertiary/aromatic N) is 1. The first-order valence-corrected chi connectivity index (χ1v) is 6.95. The summed E-state index contributed by atoms with van der Waals surface area (Å²) >= 11 is 4.26. The van der Waals surface area contributed by atoms with Gasteiger partial charge < -0.3 is 0 Å². The fourth-order valence-corrected chi connectivity index (χ4v) is 3.99. The van der Waals surface area contributed by atoms with E-state index in [1.807, 2.05) is 0 Å². The molecule has 1 aromatic rings. The van der Waals surface area contributed by atoms with E-state index in [1.165, 1.54) is 6.20 Å². The first-order chi connectivity index (χ1) is 6.21. The maximum atomic E-state index is 11.7. The fraction of sp³-hybridized carbons (Fsp3) is 0.571. The molecule has 1 heterocycles. The number of hydrogen-bond acceptors (Lipinski definition) is 4. The summed E-state index contributed by atoms with van der Waals surface area (Å²) in [5, 5.41) is 0. The van der Waals surface area contributed by atoms with Gasteiger partial charge in [0.05, 0.1) is 9.98 Å². The maximum Gasteiger partial charge on any atom is 0.268 e. The molecule has 1 rings (SSSR count). The zero-order valence-electron chi connectivity index (χ0n) is 8.04. The Morgan fingerprint density at radius 1 is 1.50 bits per heavy atom. The summed E-state index contributed by atoms with van der Waals surface area (Å²) in [6.07, 6.45) is 1.47. The molecule has 1 aromatic heterocycles. The average molecular weight is 299 g/mol. The SMILES string of the molecule is CC(C)(C)NS(=O)(=O)c1ncc(Br)s1. The van der Waals surface area contributed by atoms with Crippen LogP contribution in [0.1, 0.15) is 20.8 Å². The molecule has 4 nitrogen and oxygen atoms in total. The van der Waals surface area contributed by atoms with Crippen molar-refractivity contribution in [1.29, 1.82) is 0 Å². The van der Waals surface area contributed by atoms with E-state index in [1.54, 1.807) is 20.8 Å². The molecule has 0 saturated carbocycles. The van der Waals surface area contributed by atoms with Crippen LogP contribution in [0.15, 0.2) is 14.3 Å². The van der Waals surface area contributed by atoms with Gasteiger partial charge in [-0.25, -0.2) is 18.1 Å². The van der Waals surface area contributed by atoms with Crippen molar-refractivity contribution in [3.63, 3.8) is 0 Å². The highest BCUT2D eigenvalue weighted by atomic mass is 79.9. The van der Waals surface area contributed by atoms with Gasteiger partial charge in [-0.15, -0.1) is 0 Å². The van der Waals surface area contributed by atoms with E-state index in [-0.39, 0.29) is 4.34 Å². The lowest BCUT2D eigenvalue weighted by Gasteiger charge is -2.18. The van der Waals surface area contributed by atoms with Gasteiger partial charge in [-0.3, -0.25) is 0 Å². The highest BCUT2D eigenvalue weighted by Gasteiger charge is 2.24. The summed E-state index contributed by atoms with van der Waals surface area (Å²) in [6, 6.07) is 0. The van der Waals surface area contributed by atoms with E-state index >= 15 is 0 Å². The van der Waals surface area contributed by atoms with Crippen molar-refractivity contribution in [3.05, 3.63) is 9.98 Å². The summed E-state index contributed by atoms with van der Waals surface area (Å²) in [5.74, 6) is 0. The molecule has 0 aliphatic heterocycles. The van der Waals surface area contributed by atoms with Gasteiger partial charge in [0.1, 0.15) is 0 Å². The van der Waals surface area contributed by atoms with E-state index in [4.69, 9.17) is 0 Å². The third kappa shape index (κ3) is 3.30. The minimum Gasteiger partial charge on any atom is -0.231 e. The lowest BCUT2D eigenvalue weighted by molar-refractivity contribution is 0.491. The Morgan fingerprint density at radius 2 is 2.07 bits per heavy atom. The lowest BCUT2D eigenvalue weighted by atomic mass is 10.1. The van der Waals surface area contributed by atoms with Gasteiger partial charge in [0, 0.05) is 5.54 Å². The highest BCUT2D eigenvalue weighted by molar-refractivity contribution is 9.11. The number of halogens is 1. The van der Waals surface area contributed by atoms with Gasteiger partial charge in [0.2, 0.25) is 4.34 Å². The van der Waals surface area contributed by atoms with Crippen molar-refractivity contribution in [1.82, 2.24) is 9.71 Å². The summed E-state index contributed by atoms with van der Waals surface area (Å²) in [7, 11) is -3.47. The van der Waals surface area contributed by atoms with Crippen LogP contribution in [0.5, 0.6) is 0 Å². The summed E-state index contributed by atoms with van der Waals surface area (Å²) < 4.78 is 26.7. The Hall–Kier alpha value is 0.0200. The predicted molar refractivity (Wildman–Crippen MR) is 59.9 cm³/mol. The Morgan fingerprint density at radius 3 is 2.43 bits per heavy atom. The standard InChI is InChI=1S/C7H11BrN2O2S2/c1-7(2,3)10-14(11,12)6-9-4-5(8)13-6/h4,10H,1-3H3. The molecule has 0 amide bonds. The van der Waals surface area contributed by atoms with Crippen LogP contribution in [-0.2, 0) is 10.0 Å². The van der Waals surface area contributed by atoms with Crippen LogP contribution in [0.4, 0.5) is 0 Å². The van der Waals surface area contributed by atoms with Crippen molar-refractivity contribution < 1.29 is 8.42 Å². The summed E-state index contributed by atoms with van der Waals surface area (Å²) in [6.45, 7) is 5.35. The molecule has 0 fully saturated rings. The van der Waals surface area contributed by atoms with Gasteiger partial charge in [0.15, 0.2) is 0 Å². The zero-order valence-corrected chi connectivity index (χ0v) is 11.3. The first kappa shape index (κ1) is 12.1. The maximum absolute atomic E-state index is 11.7. The van der Waals surface area contributed by atoms with Crippen LogP contribution in [-0.4, -0.2) is 18.9 Å². The van der Waals surface area contributed by atoms with E-state index < -0.39 is 15.6 Å². The highest BCUT2D eigenvalue weighted by Crippen LogP contribution is 2.23. The molecule has 0 radical (unpaired) electrons. The smallest absolute Gasteiger partial charge is 0.231 e. The number of aromatic nitrogens is 1. The molecule has 0 spiro atoms. The van der Waals surface area contributed by atoms with Gasteiger partial charge >= 0.3 is 0 Å². The van der Waals surface area contributed by atoms with Gasteiger partial charge in [-0.1, -0.05) is 11.3 Å². The van der Waals surface area contributed by atoms with E-state index in [0.29, 0.717) is 3.79 Å². The molecule has 0 aliphatic rings. The van der Waals surface area contributed by atoms with Gasteiger partial charge in [-0.2, -0.15) is 0 Å². The number of nitrogens with one attached hydrogen (secondary N) is 1. The number of hydrogen-bond donors (Lipinski definition) is 1. The molecular formula is C7H11BrN2O2S2. The molecule has 0 bridgehead atoms.